The van der Waals surface area contributed by atoms with Crippen LogP contribution in [0.2, 0.25) is 0 Å². The molecule has 0 radical (unpaired) electrons. The zero-order valence-electron chi connectivity index (χ0n) is 22.8. The second-order valence-corrected chi connectivity index (χ2v) is 11.0. The first kappa shape index (κ1) is 33.4. The summed E-state index contributed by atoms with van der Waals surface area (Å²) >= 11 is 0. The lowest BCUT2D eigenvalue weighted by Crippen LogP contribution is -2.49. The fraction of sp³-hybridized carbons (Fsp3) is 0.423. The van der Waals surface area contributed by atoms with Crippen molar-refractivity contribution < 1.29 is 46.2 Å². The number of aliphatic carboxylic acids is 1. The number of nitrogens with one attached hydrogen (secondary N) is 2. The van der Waals surface area contributed by atoms with Crippen LogP contribution in [-0.2, 0) is 19.6 Å². The molecular weight excluding hydrogens is 569 g/mol. The van der Waals surface area contributed by atoms with E-state index in [0.717, 1.165) is 12.0 Å². The smallest absolute Gasteiger partial charge is 0.478 e. The second-order valence-electron chi connectivity index (χ2n) is 9.33. The van der Waals surface area contributed by atoms with Crippen molar-refractivity contribution in [3.05, 3.63) is 53.1 Å². The number of aryl methyl sites for hydroxylation is 2. The summed E-state index contributed by atoms with van der Waals surface area (Å²) in [7, 11) is -3.96. The lowest BCUT2D eigenvalue weighted by molar-refractivity contribution is -0.192. The molecule has 1 aliphatic rings. The summed E-state index contributed by atoms with van der Waals surface area (Å²) in [6.07, 6.45) is -4.19. The number of amides is 1. The Bertz CT molecular complexity index is 1360. The summed E-state index contributed by atoms with van der Waals surface area (Å²) in [4.78, 5) is 37.0. The number of alkyl halides is 3. The van der Waals surface area contributed by atoms with Crippen LogP contribution in [0, 0.1) is 13.8 Å². The van der Waals surface area contributed by atoms with Gasteiger partial charge in [0.15, 0.2) is 0 Å². The number of rotatable bonds is 9. The molecule has 0 aliphatic carbocycles. The Morgan fingerprint density at radius 1 is 0.976 bits per heavy atom. The monoisotopic (exact) mass is 602 g/mol. The van der Waals surface area contributed by atoms with Crippen molar-refractivity contribution in [3.8, 4) is 0 Å². The Hall–Kier alpha value is -3.85. The van der Waals surface area contributed by atoms with E-state index in [-0.39, 0.29) is 22.1 Å². The molecule has 0 unspecified atom stereocenters. The lowest BCUT2D eigenvalue weighted by atomic mass is 10.1. The maximum atomic E-state index is 13.0. The van der Waals surface area contributed by atoms with Gasteiger partial charge in [0, 0.05) is 38.4 Å². The third-order valence-corrected chi connectivity index (χ3v) is 7.54. The Labute approximate surface area is 236 Å². The highest BCUT2D eigenvalue weighted by Gasteiger charge is 2.38. The number of carboxylic acid groups (broad SMARTS) is 2. The number of carbonyl (C=O) groups is 3. The molecule has 15 heteroatoms. The fourth-order valence-electron chi connectivity index (χ4n) is 3.88. The molecule has 2 aromatic rings. The van der Waals surface area contributed by atoms with Gasteiger partial charge in [-0.1, -0.05) is 19.1 Å². The Kier molecular flexibility index (Phi) is 11.5. The third-order valence-electron chi connectivity index (χ3n) is 6.03. The van der Waals surface area contributed by atoms with Crippen LogP contribution in [0.3, 0.4) is 0 Å². The molecule has 1 heterocycles. The molecule has 0 aromatic heterocycles. The highest BCUT2D eigenvalue weighted by molar-refractivity contribution is 7.92. The average Bonchev–Trinajstić information content (AvgIpc) is 2.89. The molecule has 226 valence electrons. The van der Waals surface area contributed by atoms with Crippen LogP contribution >= 0.6 is 0 Å². The van der Waals surface area contributed by atoms with Crippen LogP contribution in [0.15, 0.2) is 41.3 Å². The SMILES string of the molecule is CCCNC(=O)CN1CCN(c2ccc(NS(=O)(=O)c3cc(C)ccc3C)c(C(=O)O)c2)CC1.O=C(O)C(F)(F)F. The van der Waals surface area contributed by atoms with Crippen molar-refractivity contribution >= 4 is 39.2 Å². The largest absolute Gasteiger partial charge is 0.490 e. The second kappa shape index (κ2) is 14.2. The van der Waals surface area contributed by atoms with E-state index >= 15 is 0 Å². The number of sulfonamides is 1. The van der Waals surface area contributed by atoms with E-state index < -0.39 is 28.1 Å². The average molecular weight is 603 g/mol. The van der Waals surface area contributed by atoms with Gasteiger partial charge >= 0.3 is 18.1 Å². The Balaban J connectivity index is 0.000000745. The van der Waals surface area contributed by atoms with Gasteiger partial charge in [-0.3, -0.25) is 14.4 Å². The minimum absolute atomic E-state index is 0.00365. The molecule has 1 amide bonds. The molecule has 0 saturated carbocycles. The van der Waals surface area contributed by atoms with Gasteiger partial charge in [-0.25, -0.2) is 18.0 Å². The number of piperazine rings is 1. The first-order valence-corrected chi connectivity index (χ1v) is 14.0. The number of nitrogens with zero attached hydrogens (tertiary/aromatic N) is 2. The number of anilines is 2. The lowest BCUT2D eigenvalue weighted by Gasteiger charge is -2.36. The first-order valence-electron chi connectivity index (χ1n) is 12.6. The normalized spacial score (nSPS) is 14.0. The molecule has 0 atom stereocenters. The van der Waals surface area contributed by atoms with Crippen LogP contribution in [0.5, 0.6) is 0 Å². The number of aromatic carboxylic acids is 1. The highest BCUT2D eigenvalue weighted by atomic mass is 32.2. The predicted octanol–water partition coefficient (Wildman–Crippen LogP) is 3.08. The Morgan fingerprint density at radius 3 is 2.12 bits per heavy atom. The molecule has 1 aliphatic heterocycles. The van der Waals surface area contributed by atoms with E-state index in [1.165, 1.54) is 12.1 Å². The molecule has 3 rings (SSSR count). The van der Waals surface area contributed by atoms with Crippen molar-refractivity contribution in [2.75, 3.05) is 48.9 Å². The number of benzene rings is 2. The standard InChI is InChI=1S/C24H32N4O5S.C2HF3O2/c1-4-9-25-23(29)16-27-10-12-28(13-11-27)19-7-8-21(20(15-19)24(30)31)26-34(32,33)22-14-17(2)5-6-18(22)3;3-2(4,5)1(6)7/h5-8,14-15,26H,4,9-13,16H2,1-3H3,(H,25,29)(H,30,31);(H,6,7). The highest BCUT2D eigenvalue weighted by Crippen LogP contribution is 2.28. The summed E-state index contributed by atoms with van der Waals surface area (Å²) in [5, 5.41) is 19.8. The van der Waals surface area contributed by atoms with Gasteiger partial charge in [0.2, 0.25) is 5.91 Å². The van der Waals surface area contributed by atoms with Crippen molar-refractivity contribution in [1.82, 2.24) is 10.2 Å². The van der Waals surface area contributed by atoms with Crippen molar-refractivity contribution in [1.29, 1.82) is 0 Å². The summed E-state index contributed by atoms with van der Waals surface area (Å²) in [6, 6.07) is 9.81. The number of halogens is 3. The molecular formula is C26H33F3N4O7S. The maximum Gasteiger partial charge on any atom is 0.490 e. The topological polar surface area (TPSA) is 156 Å². The zero-order chi connectivity index (χ0) is 31.0. The molecule has 41 heavy (non-hydrogen) atoms. The first-order chi connectivity index (χ1) is 19.0. The molecule has 0 bridgehead atoms. The summed E-state index contributed by atoms with van der Waals surface area (Å²) in [5.74, 6) is -3.97. The number of carboxylic acids is 2. The van der Waals surface area contributed by atoms with E-state index in [9.17, 15) is 36.3 Å². The minimum Gasteiger partial charge on any atom is -0.478 e. The molecule has 2 aromatic carbocycles. The van der Waals surface area contributed by atoms with E-state index in [0.29, 0.717) is 50.5 Å². The number of carbonyl (C=O) groups excluding carboxylic acids is 1. The summed E-state index contributed by atoms with van der Waals surface area (Å²) in [6.45, 7) is 9.11. The third kappa shape index (κ3) is 9.93. The van der Waals surface area contributed by atoms with E-state index in [4.69, 9.17) is 9.90 Å². The number of hydrogen-bond donors (Lipinski definition) is 4. The molecule has 11 nitrogen and oxygen atoms in total. The van der Waals surface area contributed by atoms with Gasteiger partial charge in [-0.2, -0.15) is 13.2 Å². The van der Waals surface area contributed by atoms with E-state index in [1.54, 1.807) is 32.0 Å². The molecule has 0 spiro atoms. The minimum atomic E-state index is -5.08. The van der Waals surface area contributed by atoms with Gasteiger partial charge in [0.1, 0.15) is 0 Å². The summed E-state index contributed by atoms with van der Waals surface area (Å²) in [5.41, 5.74) is 1.97. The van der Waals surface area contributed by atoms with Gasteiger partial charge in [0.05, 0.1) is 22.7 Å². The predicted molar refractivity (Wildman–Crippen MR) is 146 cm³/mol. The van der Waals surface area contributed by atoms with Crippen molar-refractivity contribution in [2.45, 2.75) is 38.3 Å². The quantitative estimate of drug-likeness (QED) is 0.339. The fourth-order valence-corrected chi connectivity index (χ4v) is 5.29. The van der Waals surface area contributed by atoms with Crippen molar-refractivity contribution in [2.24, 2.45) is 0 Å². The van der Waals surface area contributed by atoms with Crippen LogP contribution < -0.4 is 14.9 Å². The van der Waals surface area contributed by atoms with Crippen LogP contribution in [0.1, 0.15) is 34.8 Å². The van der Waals surface area contributed by atoms with Gasteiger partial charge in [-0.05, 0) is 55.7 Å². The molecule has 4 N–H and O–H groups in total. The van der Waals surface area contributed by atoms with Gasteiger partial charge in [-0.15, -0.1) is 0 Å². The Morgan fingerprint density at radius 2 is 1.59 bits per heavy atom. The van der Waals surface area contributed by atoms with Crippen LogP contribution in [0.4, 0.5) is 24.5 Å². The maximum absolute atomic E-state index is 13.0. The van der Waals surface area contributed by atoms with Gasteiger partial charge in [0.25, 0.3) is 10.0 Å². The molecule has 1 fully saturated rings. The molecule has 1 saturated heterocycles. The van der Waals surface area contributed by atoms with Gasteiger partial charge < -0.3 is 20.4 Å². The van der Waals surface area contributed by atoms with Crippen LogP contribution in [-0.4, -0.2) is 86.8 Å². The van der Waals surface area contributed by atoms with E-state index in [1.807, 2.05) is 17.9 Å². The summed E-state index contributed by atoms with van der Waals surface area (Å²) < 4.78 is 60.1. The van der Waals surface area contributed by atoms with E-state index in [2.05, 4.69) is 14.9 Å². The van der Waals surface area contributed by atoms with Crippen LogP contribution in [0.25, 0.3) is 0 Å². The number of hydrogen-bond acceptors (Lipinski definition) is 7. The van der Waals surface area contributed by atoms with Crippen molar-refractivity contribution in [3.63, 3.8) is 0 Å². The zero-order valence-corrected chi connectivity index (χ0v) is 23.6.